The van der Waals surface area contributed by atoms with Crippen molar-refractivity contribution < 1.29 is 19.0 Å². The summed E-state index contributed by atoms with van der Waals surface area (Å²) in [6.07, 6.45) is 8.64. The number of amides is 1. The van der Waals surface area contributed by atoms with E-state index in [0.29, 0.717) is 54.5 Å². The number of hydrogen-bond donors (Lipinski definition) is 1. The van der Waals surface area contributed by atoms with Gasteiger partial charge < -0.3 is 19.5 Å². The van der Waals surface area contributed by atoms with Crippen molar-refractivity contribution in [2.45, 2.75) is 83.4 Å². The zero-order chi connectivity index (χ0) is 28.6. The molecule has 1 atom stereocenters. The molecule has 0 unspecified atom stereocenters. The van der Waals surface area contributed by atoms with E-state index < -0.39 is 0 Å². The Morgan fingerprint density at radius 1 is 0.976 bits per heavy atom. The van der Waals surface area contributed by atoms with Crippen LogP contribution < -0.4 is 14.8 Å². The monoisotopic (exact) mass is 559 g/mol. The van der Waals surface area contributed by atoms with E-state index in [1.54, 1.807) is 13.2 Å². The fourth-order valence-corrected chi connectivity index (χ4v) is 6.11. The number of likely N-dealkylation sites (tertiary alicyclic amines) is 1. The first kappa shape index (κ1) is 29.3. The van der Waals surface area contributed by atoms with E-state index in [2.05, 4.69) is 48.3 Å². The molecular formula is C34H45N3O4. The van der Waals surface area contributed by atoms with Crippen molar-refractivity contribution in [1.29, 1.82) is 0 Å². The quantitative estimate of drug-likeness (QED) is 0.271. The number of aromatic nitrogens is 1. The van der Waals surface area contributed by atoms with Gasteiger partial charge in [-0.15, -0.1) is 0 Å². The predicted octanol–water partition coefficient (Wildman–Crippen LogP) is 6.49. The fraction of sp³-hybridized carbons (Fsp3) is 0.529. The number of benzene rings is 2. The van der Waals surface area contributed by atoms with Gasteiger partial charge in [0.1, 0.15) is 35.9 Å². The van der Waals surface area contributed by atoms with Crippen molar-refractivity contribution in [3.63, 3.8) is 0 Å². The van der Waals surface area contributed by atoms with Gasteiger partial charge in [0, 0.05) is 37.2 Å². The van der Waals surface area contributed by atoms with Crippen molar-refractivity contribution in [1.82, 2.24) is 15.2 Å². The molecule has 0 bridgehead atoms. The standard InChI is InChI=1S/C34H45N3O4/c1-24(2)37-18-8-11-28(22-37)35-34(38)30-21-32(40-20-19-39-3)29-12-7-13-31(33(29)36-30)41-23-25-14-16-27(17-15-25)26-9-5-4-6-10-26/h7,12-17,21,24,26,28H,4-6,8-11,18-20,22-23H2,1-3H3,(H,35,38)/t28-/m1/s1. The highest BCUT2D eigenvalue weighted by Crippen LogP contribution is 2.34. The average molecular weight is 560 g/mol. The third kappa shape index (κ3) is 7.57. The summed E-state index contributed by atoms with van der Waals surface area (Å²) in [5.41, 5.74) is 3.50. The van der Waals surface area contributed by atoms with Crippen LogP contribution in [0.15, 0.2) is 48.5 Å². The van der Waals surface area contributed by atoms with E-state index in [1.807, 2.05) is 18.2 Å². The molecule has 1 aliphatic carbocycles. The molecule has 5 rings (SSSR count). The second-order valence-electron chi connectivity index (χ2n) is 11.8. The number of carbonyl (C=O) groups is 1. The molecule has 1 aromatic heterocycles. The molecule has 1 saturated carbocycles. The molecule has 2 fully saturated rings. The molecule has 1 saturated heterocycles. The summed E-state index contributed by atoms with van der Waals surface area (Å²) in [6.45, 7) is 7.57. The molecule has 3 aromatic rings. The summed E-state index contributed by atoms with van der Waals surface area (Å²) in [4.78, 5) is 20.7. The van der Waals surface area contributed by atoms with Gasteiger partial charge in [-0.25, -0.2) is 4.98 Å². The van der Waals surface area contributed by atoms with Gasteiger partial charge in [-0.2, -0.15) is 0 Å². The minimum Gasteiger partial charge on any atom is -0.490 e. The lowest BCUT2D eigenvalue weighted by Crippen LogP contribution is -2.49. The average Bonchev–Trinajstić information content (AvgIpc) is 3.01. The first-order valence-corrected chi connectivity index (χ1v) is 15.3. The van der Waals surface area contributed by atoms with Gasteiger partial charge in [-0.3, -0.25) is 9.69 Å². The highest BCUT2D eigenvalue weighted by Gasteiger charge is 2.25. The van der Waals surface area contributed by atoms with Crippen LogP contribution in [-0.2, 0) is 11.3 Å². The van der Waals surface area contributed by atoms with Crippen molar-refractivity contribution in [2.24, 2.45) is 0 Å². The van der Waals surface area contributed by atoms with Crippen LogP contribution in [-0.4, -0.2) is 61.3 Å². The summed E-state index contributed by atoms with van der Waals surface area (Å²) < 4.78 is 17.6. The summed E-state index contributed by atoms with van der Waals surface area (Å²) in [5, 5.41) is 4.04. The topological polar surface area (TPSA) is 72.9 Å². The molecule has 0 radical (unpaired) electrons. The van der Waals surface area contributed by atoms with Crippen molar-refractivity contribution in [3.8, 4) is 11.5 Å². The van der Waals surface area contributed by atoms with Gasteiger partial charge in [0.15, 0.2) is 0 Å². The Hall–Kier alpha value is -3.16. The maximum atomic E-state index is 13.5. The third-order valence-electron chi connectivity index (χ3n) is 8.51. The molecule has 2 aliphatic rings. The Balaban J connectivity index is 1.35. The van der Waals surface area contributed by atoms with E-state index in [4.69, 9.17) is 19.2 Å². The third-order valence-corrected chi connectivity index (χ3v) is 8.51. The molecule has 220 valence electrons. The number of carbonyl (C=O) groups excluding carboxylic acids is 1. The predicted molar refractivity (Wildman–Crippen MR) is 163 cm³/mol. The number of piperidine rings is 1. The number of para-hydroxylation sites is 1. The number of fused-ring (bicyclic) bond motifs is 1. The van der Waals surface area contributed by atoms with Crippen LogP contribution >= 0.6 is 0 Å². The van der Waals surface area contributed by atoms with Crippen LogP contribution in [0.2, 0.25) is 0 Å². The molecule has 1 amide bonds. The zero-order valence-corrected chi connectivity index (χ0v) is 24.9. The van der Waals surface area contributed by atoms with Crippen LogP contribution in [0.3, 0.4) is 0 Å². The minimum absolute atomic E-state index is 0.0945. The van der Waals surface area contributed by atoms with Crippen molar-refractivity contribution in [2.75, 3.05) is 33.4 Å². The van der Waals surface area contributed by atoms with Crippen LogP contribution in [0.1, 0.15) is 86.3 Å². The smallest absolute Gasteiger partial charge is 0.270 e. The molecule has 1 aliphatic heterocycles. The molecule has 2 aromatic carbocycles. The molecule has 0 spiro atoms. The first-order valence-electron chi connectivity index (χ1n) is 15.3. The number of pyridine rings is 1. The summed E-state index contributed by atoms with van der Waals surface area (Å²) in [5.74, 6) is 1.73. The lowest BCUT2D eigenvalue weighted by atomic mass is 9.84. The SMILES string of the molecule is COCCOc1cc(C(=O)N[C@@H]2CCCN(C(C)C)C2)nc2c(OCc3ccc(C4CCCCC4)cc3)cccc12. The van der Waals surface area contributed by atoms with E-state index in [-0.39, 0.29) is 11.9 Å². The second kappa shape index (κ2) is 14.1. The molecular weight excluding hydrogens is 514 g/mol. The van der Waals surface area contributed by atoms with Crippen LogP contribution in [0, 0.1) is 0 Å². The minimum atomic E-state index is -0.188. The van der Waals surface area contributed by atoms with Gasteiger partial charge in [-0.05, 0) is 75.3 Å². The number of methoxy groups -OCH3 is 1. The molecule has 7 heteroatoms. The normalized spacial score (nSPS) is 18.5. The van der Waals surface area contributed by atoms with E-state index in [9.17, 15) is 4.79 Å². The maximum absolute atomic E-state index is 13.5. The van der Waals surface area contributed by atoms with E-state index in [0.717, 1.165) is 36.9 Å². The van der Waals surface area contributed by atoms with Gasteiger partial charge in [0.05, 0.1) is 6.61 Å². The molecule has 1 N–H and O–H groups in total. The summed E-state index contributed by atoms with van der Waals surface area (Å²) in [7, 11) is 1.64. The number of ether oxygens (including phenoxy) is 3. The lowest BCUT2D eigenvalue weighted by molar-refractivity contribution is 0.0881. The highest BCUT2D eigenvalue weighted by molar-refractivity contribution is 5.98. The van der Waals surface area contributed by atoms with Crippen LogP contribution in [0.4, 0.5) is 0 Å². The highest BCUT2D eigenvalue weighted by atomic mass is 16.5. The van der Waals surface area contributed by atoms with Crippen molar-refractivity contribution >= 4 is 16.8 Å². The Morgan fingerprint density at radius 3 is 2.54 bits per heavy atom. The van der Waals surface area contributed by atoms with Gasteiger partial charge in [0.2, 0.25) is 0 Å². The lowest BCUT2D eigenvalue weighted by Gasteiger charge is -2.35. The summed E-state index contributed by atoms with van der Waals surface area (Å²) >= 11 is 0. The van der Waals surface area contributed by atoms with E-state index >= 15 is 0 Å². The number of hydrogen-bond acceptors (Lipinski definition) is 6. The van der Waals surface area contributed by atoms with Crippen molar-refractivity contribution in [3.05, 3.63) is 65.4 Å². The Bertz CT molecular complexity index is 1290. The number of nitrogens with one attached hydrogen (secondary N) is 1. The Morgan fingerprint density at radius 2 is 1.78 bits per heavy atom. The van der Waals surface area contributed by atoms with Crippen LogP contribution in [0.25, 0.3) is 10.9 Å². The fourth-order valence-electron chi connectivity index (χ4n) is 6.11. The Kier molecular flexibility index (Phi) is 10.1. The van der Waals surface area contributed by atoms with Gasteiger partial charge >= 0.3 is 0 Å². The maximum Gasteiger partial charge on any atom is 0.270 e. The molecule has 41 heavy (non-hydrogen) atoms. The second-order valence-corrected chi connectivity index (χ2v) is 11.8. The molecule has 7 nitrogen and oxygen atoms in total. The number of nitrogens with zero attached hydrogens (tertiary/aromatic N) is 2. The first-order chi connectivity index (χ1) is 20.0. The van der Waals surface area contributed by atoms with E-state index in [1.165, 1.54) is 37.7 Å². The largest absolute Gasteiger partial charge is 0.490 e. The number of rotatable bonds is 11. The van der Waals surface area contributed by atoms with Gasteiger partial charge in [-0.1, -0.05) is 49.6 Å². The van der Waals surface area contributed by atoms with Gasteiger partial charge in [0.25, 0.3) is 5.91 Å². The molecule has 2 heterocycles. The van der Waals surface area contributed by atoms with Crippen LogP contribution in [0.5, 0.6) is 11.5 Å². The Labute approximate surface area is 244 Å². The summed E-state index contributed by atoms with van der Waals surface area (Å²) in [6, 6.07) is 17.0. The zero-order valence-electron chi connectivity index (χ0n) is 24.9.